The molecule has 1 amide bonds. The van der Waals surface area contributed by atoms with Gasteiger partial charge in [-0.15, -0.1) is 0 Å². The summed E-state index contributed by atoms with van der Waals surface area (Å²) in [5, 5.41) is 5.03. The van der Waals surface area contributed by atoms with Crippen molar-refractivity contribution in [3.8, 4) is 0 Å². The highest BCUT2D eigenvalue weighted by Crippen LogP contribution is 2.43. The summed E-state index contributed by atoms with van der Waals surface area (Å²) in [6.07, 6.45) is -4.78. The quantitative estimate of drug-likeness (QED) is 0.802. The second-order valence-corrected chi connectivity index (χ2v) is 5.28. The zero-order chi connectivity index (χ0) is 14.0. The minimum Gasteiger partial charge on any atom is -0.382 e. The van der Waals surface area contributed by atoms with E-state index >= 15 is 0 Å². The molecular formula is C11H19F3N2O2. The van der Waals surface area contributed by atoms with Gasteiger partial charge in [-0.2, -0.15) is 13.2 Å². The number of amides is 1. The van der Waals surface area contributed by atoms with Crippen molar-refractivity contribution in [2.75, 3.05) is 26.8 Å². The molecule has 1 saturated heterocycles. The van der Waals surface area contributed by atoms with E-state index in [0.29, 0.717) is 0 Å². The first kappa shape index (κ1) is 15.2. The van der Waals surface area contributed by atoms with Gasteiger partial charge in [0.25, 0.3) is 0 Å². The van der Waals surface area contributed by atoms with Crippen LogP contribution in [0.1, 0.15) is 20.3 Å². The second kappa shape index (κ2) is 5.05. The van der Waals surface area contributed by atoms with Gasteiger partial charge in [0.1, 0.15) is 0 Å². The summed E-state index contributed by atoms with van der Waals surface area (Å²) in [6, 6.07) is 0. The first-order valence-electron chi connectivity index (χ1n) is 5.74. The van der Waals surface area contributed by atoms with Gasteiger partial charge < -0.3 is 15.4 Å². The Kier molecular flexibility index (Phi) is 4.27. The highest BCUT2D eigenvalue weighted by molar-refractivity contribution is 5.84. The predicted molar refractivity (Wildman–Crippen MR) is 60.1 cm³/mol. The van der Waals surface area contributed by atoms with E-state index in [4.69, 9.17) is 4.74 Å². The maximum atomic E-state index is 13.1. The van der Waals surface area contributed by atoms with E-state index < -0.39 is 23.0 Å². The van der Waals surface area contributed by atoms with Crippen molar-refractivity contribution in [1.29, 1.82) is 0 Å². The van der Waals surface area contributed by atoms with Crippen LogP contribution in [0.5, 0.6) is 0 Å². The fraction of sp³-hybridized carbons (Fsp3) is 0.909. The SMILES string of the molecule is COCC(C)(C)NC(=O)C1(C(F)(F)F)CCNC1. The number of halogens is 3. The van der Waals surface area contributed by atoms with Crippen molar-refractivity contribution in [2.24, 2.45) is 5.41 Å². The van der Waals surface area contributed by atoms with E-state index in [1.165, 1.54) is 7.11 Å². The van der Waals surface area contributed by atoms with Gasteiger partial charge in [-0.1, -0.05) is 0 Å². The molecule has 1 aliphatic rings. The van der Waals surface area contributed by atoms with Crippen molar-refractivity contribution in [3.05, 3.63) is 0 Å². The number of nitrogens with one attached hydrogen (secondary N) is 2. The molecule has 1 fully saturated rings. The van der Waals surface area contributed by atoms with Gasteiger partial charge in [-0.25, -0.2) is 0 Å². The second-order valence-electron chi connectivity index (χ2n) is 5.28. The van der Waals surface area contributed by atoms with Crippen LogP contribution < -0.4 is 10.6 Å². The van der Waals surface area contributed by atoms with Crippen LogP contribution in [-0.4, -0.2) is 44.4 Å². The highest BCUT2D eigenvalue weighted by atomic mass is 19.4. The van der Waals surface area contributed by atoms with Gasteiger partial charge in [0.2, 0.25) is 5.91 Å². The average molecular weight is 268 g/mol. The van der Waals surface area contributed by atoms with Crippen molar-refractivity contribution in [2.45, 2.75) is 32.0 Å². The standard InChI is InChI=1S/C11H19F3N2O2/c1-9(2,7-18-3)16-8(17)10(11(12,13)14)4-5-15-6-10/h15H,4-7H2,1-3H3,(H,16,17). The summed E-state index contributed by atoms with van der Waals surface area (Å²) >= 11 is 0. The van der Waals surface area contributed by atoms with E-state index in [-0.39, 0.29) is 26.1 Å². The van der Waals surface area contributed by atoms with Crippen LogP contribution in [0.4, 0.5) is 13.2 Å². The number of hydrogen-bond acceptors (Lipinski definition) is 3. The molecule has 0 bridgehead atoms. The Morgan fingerprint density at radius 1 is 1.44 bits per heavy atom. The molecule has 7 heteroatoms. The van der Waals surface area contributed by atoms with Gasteiger partial charge in [-0.3, -0.25) is 4.79 Å². The minimum absolute atomic E-state index is 0.153. The molecular weight excluding hydrogens is 249 g/mol. The smallest absolute Gasteiger partial charge is 0.382 e. The zero-order valence-electron chi connectivity index (χ0n) is 10.8. The highest BCUT2D eigenvalue weighted by Gasteiger charge is 2.61. The minimum atomic E-state index is -4.55. The monoisotopic (exact) mass is 268 g/mol. The zero-order valence-corrected chi connectivity index (χ0v) is 10.8. The van der Waals surface area contributed by atoms with E-state index in [1.807, 2.05) is 0 Å². The van der Waals surface area contributed by atoms with Gasteiger partial charge >= 0.3 is 6.18 Å². The molecule has 0 radical (unpaired) electrons. The van der Waals surface area contributed by atoms with Crippen LogP contribution in [0.2, 0.25) is 0 Å². The third-order valence-electron chi connectivity index (χ3n) is 3.09. The topological polar surface area (TPSA) is 50.4 Å². The third-order valence-corrected chi connectivity index (χ3v) is 3.09. The van der Waals surface area contributed by atoms with Gasteiger partial charge in [-0.05, 0) is 26.8 Å². The number of hydrogen-bond donors (Lipinski definition) is 2. The molecule has 106 valence electrons. The molecule has 0 aromatic carbocycles. The van der Waals surface area contributed by atoms with E-state index in [1.54, 1.807) is 13.8 Å². The van der Waals surface area contributed by atoms with Gasteiger partial charge in [0.15, 0.2) is 5.41 Å². The number of methoxy groups -OCH3 is 1. The van der Waals surface area contributed by atoms with E-state index in [2.05, 4.69) is 10.6 Å². The largest absolute Gasteiger partial charge is 0.404 e. The van der Waals surface area contributed by atoms with E-state index in [0.717, 1.165) is 0 Å². The Hall–Kier alpha value is -0.820. The Morgan fingerprint density at radius 2 is 2.06 bits per heavy atom. The lowest BCUT2D eigenvalue weighted by molar-refractivity contribution is -0.216. The Labute approximate surface area is 104 Å². The molecule has 0 aromatic rings. The summed E-state index contributed by atoms with van der Waals surface area (Å²) < 4.78 is 44.2. The number of rotatable bonds is 4. The molecule has 2 N–H and O–H groups in total. The van der Waals surface area contributed by atoms with Gasteiger partial charge in [0, 0.05) is 13.7 Å². The summed E-state index contributed by atoms with van der Waals surface area (Å²) in [5.41, 5.74) is -3.15. The van der Waals surface area contributed by atoms with Gasteiger partial charge in [0.05, 0.1) is 12.1 Å². The maximum Gasteiger partial charge on any atom is 0.404 e. The number of ether oxygens (including phenoxy) is 1. The Balaban J connectivity index is 2.86. The summed E-state index contributed by atoms with van der Waals surface area (Å²) in [7, 11) is 1.44. The lowest BCUT2D eigenvalue weighted by Crippen LogP contribution is -2.58. The van der Waals surface area contributed by atoms with Crippen LogP contribution in [0.25, 0.3) is 0 Å². The van der Waals surface area contributed by atoms with Crippen molar-refractivity contribution < 1.29 is 22.7 Å². The number of alkyl halides is 3. The summed E-state index contributed by atoms with van der Waals surface area (Å²) in [5.74, 6) is -0.984. The van der Waals surface area contributed by atoms with Crippen LogP contribution in [0.3, 0.4) is 0 Å². The third kappa shape index (κ3) is 2.95. The molecule has 18 heavy (non-hydrogen) atoms. The molecule has 1 unspecified atom stereocenters. The summed E-state index contributed by atoms with van der Waals surface area (Å²) in [4.78, 5) is 12.0. The molecule has 1 heterocycles. The van der Waals surface area contributed by atoms with Crippen molar-refractivity contribution in [3.63, 3.8) is 0 Å². The summed E-state index contributed by atoms with van der Waals surface area (Å²) in [6.45, 7) is 3.23. The van der Waals surface area contributed by atoms with Crippen LogP contribution in [-0.2, 0) is 9.53 Å². The molecule has 1 atom stereocenters. The number of carbonyl (C=O) groups is 1. The lowest BCUT2D eigenvalue weighted by Gasteiger charge is -2.34. The molecule has 0 aromatic heterocycles. The molecule has 0 saturated carbocycles. The molecule has 0 aliphatic carbocycles. The maximum absolute atomic E-state index is 13.1. The van der Waals surface area contributed by atoms with Crippen LogP contribution >= 0.6 is 0 Å². The fourth-order valence-corrected chi connectivity index (χ4v) is 2.08. The molecule has 0 spiro atoms. The van der Waals surface area contributed by atoms with Crippen LogP contribution in [0.15, 0.2) is 0 Å². The average Bonchev–Trinajstić information content (AvgIpc) is 2.64. The molecule has 1 rings (SSSR count). The first-order chi connectivity index (χ1) is 8.15. The normalized spacial score (nSPS) is 25.2. The Bertz CT molecular complexity index is 310. The molecule has 1 aliphatic heterocycles. The number of carbonyl (C=O) groups excluding carboxylic acids is 1. The Morgan fingerprint density at radius 3 is 2.44 bits per heavy atom. The van der Waals surface area contributed by atoms with Crippen molar-refractivity contribution in [1.82, 2.24) is 10.6 Å². The van der Waals surface area contributed by atoms with Crippen molar-refractivity contribution >= 4 is 5.91 Å². The fourth-order valence-electron chi connectivity index (χ4n) is 2.08. The van der Waals surface area contributed by atoms with E-state index in [9.17, 15) is 18.0 Å². The van der Waals surface area contributed by atoms with Crippen LogP contribution in [0, 0.1) is 5.41 Å². The first-order valence-corrected chi connectivity index (χ1v) is 5.74. The predicted octanol–water partition coefficient (Wildman–Crippen LogP) is 1.07. The molecule has 4 nitrogen and oxygen atoms in total. The lowest BCUT2D eigenvalue weighted by atomic mass is 9.84.